The van der Waals surface area contributed by atoms with Gasteiger partial charge in [-0.1, -0.05) is 37.8 Å². The molecule has 0 saturated heterocycles. The van der Waals surface area contributed by atoms with E-state index in [-0.39, 0.29) is 11.7 Å². The monoisotopic (exact) mass is 276 g/mol. The number of hydrogen-bond donors (Lipinski definition) is 3. The fourth-order valence-electron chi connectivity index (χ4n) is 2.64. The fraction of sp³-hybridized carbons (Fsp3) is 0.562. The Morgan fingerprint density at radius 3 is 2.40 bits per heavy atom. The molecular formula is C16H24N2O2. The highest BCUT2D eigenvalue weighted by molar-refractivity contribution is 5.78. The predicted octanol–water partition coefficient (Wildman–Crippen LogP) is 2.32. The van der Waals surface area contributed by atoms with Gasteiger partial charge in [0.2, 0.25) is 5.91 Å². The molecule has 1 fully saturated rings. The van der Waals surface area contributed by atoms with Gasteiger partial charge in [-0.3, -0.25) is 4.79 Å². The minimum absolute atomic E-state index is 0.0793. The molecule has 2 rings (SSSR count). The van der Waals surface area contributed by atoms with Crippen molar-refractivity contribution in [3.05, 3.63) is 29.8 Å². The van der Waals surface area contributed by atoms with Gasteiger partial charge in [-0.2, -0.15) is 0 Å². The van der Waals surface area contributed by atoms with Gasteiger partial charge in [0.1, 0.15) is 5.75 Å². The highest BCUT2D eigenvalue weighted by atomic mass is 16.3. The Morgan fingerprint density at radius 2 is 1.75 bits per heavy atom. The average Bonchev–Trinajstić information content (AvgIpc) is 2.70. The molecule has 1 aliphatic carbocycles. The van der Waals surface area contributed by atoms with Crippen molar-refractivity contribution in [3.8, 4) is 5.75 Å². The minimum Gasteiger partial charge on any atom is -0.508 e. The lowest BCUT2D eigenvalue weighted by Crippen LogP contribution is -2.40. The molecule has 4 nitrogen and oxygen atoms in total. The Bertz CT molecular complexity index is 409. The highest BCUT2D eigenvalue weighted by Crippen LogP contribution is 2.17. The quantitative estimate of drug-likeness (QED) is 0.723. The number of phenols is 1. The van der Waals surface area contributed by atoms with Gasteiger partial charge in [-0.15, -0.1) is 0 Å². The van der Waals surface area contributed by atoms with Crippen LogP contribution in [0.1, 0.15) is 44.1 Å². The lowest BCUT2D eigenvalue weighted by atomic mass is 10.1. The molecule has 4 heteroatoms. The summed E-state index contributed by atoms with van der Waals surface area (Å²) >= 11 is 0. The molecule has 1 aromatic rings. The van der Waals surface area contributed by atoms with Crippen LogP contribution in [0, 0.1) is 0 Å². The molecule has 0 radical (unpaired) electrons. The molecule has 1 amide bonds. The molecule has 0 heterocycles. The summed E-state index contributed by atoms with van der Waals surface area (Å²) in [5, 5.41) is 15.4. The number of hydrogen-bond acceptors (Lipinski definition) is 3. The summed E-state index contributed by atoms with van der Waals surface area (Å²) < 4.78 is 0. The molecule has 0 aliphatic heterocycles. The Labute approximate surface area is 120 Å². The molecule has 0 atom stereocenters. The predicted molar refractivity (Wildman–Crippen MR) is 79.4 cm³/mol. The molecule has 3 N–H and O–H groups in total. The number of carbonyl (C=O) groups excluding carboxylic acids is 1. The molecule has 0 unspecified atom stereocenters. The zero-order valence-electron chi connectivity index (χ0n) is 11.9. The molecule has 20 heavy (non-hydrogen) atoms. The number of phenolic OH excluding ortho intramolecular Hbond substituents is 1. The number of nitrogens with one attached hydrogen (secondary N) is 2. The van der Waals surface area contributed by atoms with Crippen molar-refractivity contribution in [1.82, 2.24) is 10.6 Å². The first-order valence-corrected chi connectivity index (χ1v) is 7.52. The molecule has 1 saturated carbocycles. The number of benzene rings is 1. The van der Waals surface area contributed by atoms with Gasteiger partial charge in [0, 0.05) is 12.6 Å². The number of carbonyl (C=O) groups is 1. The van der Waals surface area contributed by atoms with Crippen LogP contribution in [0.15, 0.2) is 24.3 Å². The third kappa shape index (κ3) is 5.21. The van der Waals surface area contributed by atoms with Crippen molar-refractivity contribution in [1.29, 1.82) is 0 Å². The summed E-state index contributed by atoms with van der Waals surface area (Å²) in [6.45, 7) is 0.982. The van der Waals surface area contributed by atoms with Gasteiger partial charge < -0.3 is 15.7 Å². The van der Waals surface area contributed by atoms with E-state index in [1.165, 1.54) is 25.7 Å². The van der Waals surface area contributed by atoms with E-state index in [0.717, 1.165) is 18.4 Å². The van der Waals surface area contributed by atoms with E-state index in [1.54, 1.807) is 12.1 Å². The number of aromatic hydroxyl groups is 1. The Hall–Kier alpha value is -1.55. The number of amides is 1. The fourth-order valence-corrected chi connectivity index (χ4v) is 2.64. The minimum atomic E-state index is 0.0793. The molecule has 110 valence electrons. The summed E-state index contributed by atoms with van der Waals surface area (Å²) in [4.78, 5) is 11.9. The second-order valence-corrected chi connectivity index (χ2v) is 5.53. The van der Waals surface area contributed by atoms with Crippen LogP contribution in [0.25, 0.3) is 0 Å². The summed E-state index contributed by atoms with van der Waals surface area (Å²) in [7, 11) is 0. The Morgan fingerprint density at radius 1 is 1.10 bits per heavy atom. The maximum Gasteiger partial charge on any atom is 0.234 e. The van der Waals surface area contributed by atoms with E-state index in [0.29, 0.717) is 19.1 Å². The zero-order chi connectivity index (χ0) is 14.2. The molecule has 1 aromatic carbocycles. The highest BCUT2D eigenvalue weighted by Gasteiger charge is 2.14. The summed E-state index contributed by atoms with van der Waals surface area (Å²) in [6, 6.07) is 7.38. The maximum absolute atomic E-state index is 11.9. The largest absolute Gasteiger partial charge is 0.508 e. The second kappa shape index (κ2) is 7.90. The lowest BCUT2D eigenvalue weighted by molar-refractivity contribution is -0.121. The van der Waals surface area contributed by atoms with Gasteiger partial charge >= 0.3 is 0 Å². The molecule has 0 aromatic heterocycles. The van der Waals surface area contributed by atoms with Gasteiger partial charge in [0.05, 0.1) is 6.54 Å². The van der Waals surface area contributed by atoms with Crippen LogP contribution >= 0.6 is 0 Å². The van der Waals surface area contributed by atoms with E-state index in [2.05, 4.69) is 10.6 Å². The van der Waals surface area contributed by atoms with Crippen LogP contribution in [0.3, 0.4) is 0 Å². The van der Waals surface area contributed by atoms with E-state index in [9.17, 15) is 9.90 Å². The Kier molecular flexibility index (Phi) is 5.87. The SMILES string of the molecule is O=C(CNCc1ccc(O)cc1)NC1CCCCCC1. The topological polar surface area (TPSA) is 61.4 Å². The maximum atomic E-state index is 11.9. The zero-order valence-corrected chi connectivity index (χ0v) is 11.9. The van der Waals surface area contributed by atoms with Crippen LogP contribution in [-0.2, 0) is 11.3 Å². The summed E-state index contributed by atoms with van der Waals surface area (Å²) in [6.07, 6.45) is 7.28. The van der Waals surface area contributed by atoms with E-state index >= 15 is 0 Å². The normalized spacial score (nSPS) is 16.6. The van der Waals surface area contributed by atoms with Gasteiger partial charge in [0.15, 0.2) is 0 Å². The van der Waals surface area contributed by atoms with E-state index < -0.39 is 0 Å². The number of rotatable bonds is 5. The third-order valence-electron chi connectivity index (χ3n) is 3.77. The van der Waals surface area contributed by atoms with Crippen LogP contribution in [0.2, 0.25) is 0 Å². The molecule has 0 spiro atoms. The van der Waals surface area contributed by atoms with Gasteiger partial charge in [-0.05, 0) is 30.5 Å². The standard InChI is InChI=1S/C16H24N2O2/c19-15-9-7-13(8-10-15)11-17-12-16(20)18-14-5-3-1-2-4-6-14/h7-10,14,17,19H,1-6,11-12H2,(H,18,20). The smallest absolute Gasteiger partial charge is 0.234 e. The third-order valence-corrected chi connectivity index (χ3v) is 3.77. The summed E-state index contributed by atoms with van der Waals surface area (Å²) in [5.74, 6) is 0.343. The van der Waals surface area contributed by atoms with Crippen molar-refractivity contribution in [2.75, 3.05) is 6.54 Å². The molecule has 0 bridgehead atoms. The van der Waals surface area contributed by atoms with Crippen molar-refractivity contribution < 1.29 is 9.90 Å². The van der Waals surface area contributed by atoms with Crippen molar-refractivity contribution in [2.45, 2.75) is 51.1 Å². The van der Waals surface area contributed by atoms with Crippen LogP contribution < -0.4 is 10.6 Å². The summed E-state index contributed by atoms with van der Waals surface area (Å²) in [5.41, 5.74) is 1.06. The van der Waals surface area contributed by atoms with Gasteiger partial charge in [0.25, 0.3) is 0 Å². The molecular weight excluding hydrogens is 252 g/mol. The first-order chi connectivity index (χ1) is 9.74. The van der Waals surface area contributed by atoms with Crippen LogP contribution in [-0.4, -0.2) is 23.6 Å². The van der Waals surface area contributed by atoms with Gasteiger partial charge in [-0.25, -0.2) is 0 Å². The van der Waals surface area contributed by atoms with Crippen molar-refractivity contribution in [2.24, 2.45) is 0 Å². The average molecular weight is 276 g/mol. The van der Waals surface area contributed by atoms with Crippen LogP contribution in [0.4, 0.5) is 0 Å². The van der Waals surface area contributed by atoms with E-state index in [4.69, 9.17) is 0 Å². The first kappa shape index (κ1) is 14.9. The first-order valence-electron chi connectivity index (χ1n) is 7.52. The molecule has 1 aliphatic rings. The van der Waals surface area contributed by atoms with E-state index in [1.807, 2.05) is 12.1 Å². The van der Waals surface area contributed by atoms with Crippen LogP contribution in [0.5, 0.6) is 5.75 Å². The van der Waals surface area contributed by atoms with Crippen molar-refractivity contribution in [3.63, 3.8) is 0 Å². The Balaban J connectivity index is 1.65. The second-order valence-electron chi connectivity index (χ2n) is 5.53. The lowest BCUT2D eigenvalue weighted by Gasteiger charge is -2.16. The van der Waals surface area contributed by atoms with Crippen molar-refractivity contribution >= 4 is 5.91 Å².